The molecule has 0 atom stereocenters. The highest BCUT2D eigenvalue weighted by molar-refractivity contribution is 6.33. The van der Waals surface area contributed by atoms with E-state index < -0.39 is 0 Å². The lowest BCUT2D eigenvalue weighted by Gasteiger charge is -2.20. The minimum absolute atomic E-state index is 0.0324. The van der Waals surface area contributed by atoms with Crippen molar-refractivity contribution in [2.24, 2.45) is 0 Å². The highest BCUT2D eigenvalue weighted by Gasteiger charge is 2.16. The molecule has 0 amide bonds. The van der Waals surface area contributed by atoms with Gasteiger partial charge in [-0.2, -0.15) is 0 Å². The van der Waals surface area contributed by atoms with Crippen molar-refractivity contribution in [3.8, 4) is 11.3 Å². The van der Waals surface area contributed by atoms with E-state index in [0.717, 1.165) is 16.6 Å². The number of nitrogens with one attached hydrogen (secondary N) is 1. The number of rotatable bonds is 1. The van der Waals surface area contributed by atoms with Gasteiger partial charge in [-0.25, -0.2) is 0 Å². The Morgan fingerprint density at radius 3 is 2.59 bits per heavy atom. The Bertz CT molecular complexity index is 907. The summed E-state index contributed by atoms with van der Waals surface area (Å²) in [5, 5.41) is 1.21. The van der Waals surface area contributed by atoms with Crippen LogP contribution in [-0.4, -0.2) is 9.97 Å². The Kier molecular flexibility index (Phi) is 3.53. The van der Waals surface area contributed by atoms with Crippen molar-refractivity contribution in [3.05, 3.63) is 63.5 Å². The van der Waals surface area contributed by atoms with Crippen LogP contribution in [0.4, 0.5) is 0 Å². The van der Waals surface area contributed by atoms with E-state index >= 15 is 0 Å². The zero-order chi connectivity index (χ0) is 15.9. The maximum absolute atomic E-state index is 12.2. The molecule has 0 saturated heterocycles. The highest BCUT2D eigenvalue weighted by Crippen LogP contribution is 2.32. The SMILES string of the molecule is CC(C)(C)c1ccc(-c2cc(=O)c3cnccc3[nH]2)c(Cl)c1. The molecule has 2 heterocycles. The molecule has 0 fully saturated rings. The maximum Gasteiger partial charge on any atom is 0.191 e. The molecule has 0 aliphatic rings. The first-order valence-electron chi connectivity index (χ1n) is 7.14. The average Bonchev–Trinajstić information content (AvgIpc) is 2.46. The number of H-pyrrole nitrogens is 1. The van der Waals surface area contributed by atoms with Crippen LogP contribution >= 0.6 is 11.6 Å². The van der Waals surface area contributed by atoms with Gasteiger partial charge in [-0.15, -0.1) is 0 Å². The van der Waals surface area contributed by atoms with Crippen LogP contribution < -0.4 is 5.43 Å². The molecule has 0 saturated carbocycles. The van der Waals surface area contributed by atoms with Gasteiger partial charge in [-0.1, -0.05) is 44.5 Å². The molecule has 0 unspecified atom stereocenters. The Morgan fingerprint density at radius 2 is 1.91 bits per heavy atom. The van der Waals surface area contributed by atoms with Crippen molar-refractivity contribution in [2.45, 2.75) is 26.2 Å². The first-order chi connectivity index (χ1) is 10.4. The van der Waals surface area contributed by atoms with Crippen molar-refractivity contribution in [1.82, 2.24) is 9.97 Å². The van der Waals surface area contributed by atoms with Crippen LogP contribution in [0.1, 0.15) is 26.3 Å². The molecule has 3 rings (SSSR count). The number of hydrogen-bond donors (Lipinski definition) is 1. The average molecular weight is 313 g/mol. The molecule has 0 radical (unpaired) electrons. The van der Waals surface area contributed by atoms with Gasteiger partial charge in [-0.3, -0.25) is 9.78 Å². The summed E-state index contributed by atoms with van der Waals surface area (Å²) in [6.07, 6.45) is 3.23. The van der Waals surface area contributed by atoms with E-state index in [-0.39, 0.29) is 10.8 Å². The Balaban J connectivity index is 2.18. The van der Waals surface area contributed by atoms with Crippen molar-refractivity contribution < 1.29 is 0 Å². The Morgan fingerprint density at radius 1 is 1.14 bits per heavy atom. The lowest BCUT2D eigenvalue weighted by Crippen LogP contribution is -2.11. The number of nitrogens with zero attached hydrogens (tertiary/aromatic N) is 1. The number of halogens is 1. The molecule has 0 aliphatic heterocycles. The normalized spacial score (nSPS) is 11.8. The van der Waals surface area contributed by atoms with Crippen molar-refractivity contribution in [1.29, 1.82) is 0 Å². The summed E-state index contributed by atoms with van der Waals surface area (Å²) in [5.74, 6) is 0. The monoisotopic (exact) mass is 312 g/mol. The summed E-state index contributed by atoms with van der Waals surface area (Å²) >= 11 is 6.44. The highest BCUT2D eigenvalue weighted by atomic mass is 35.5. The van der Waals surface area contributed by atoms with Gasteiger partial charge in [0.25, 0.3) is 0 Å². The maximum atomic E-state index is 12.2. The van der Waals surface area contributed by atoms with Crippen LogP contribution in [0, 0.1) is 0 Å². The molecule has 112 valence electrons. The van der Waals surface area contributed by atoms with Crippen molar-refractivity contribution in [2.75, 3.05) is 0 Å². The molecule has 2 aromatic heterocycles. The molecule has 4 heteroatoms. The van der Waals surface area contributed by atoms with Crippen molar-refractivity contribution >= 4 is 22.5 Å². The van der Waals surface area contributed by atoms with E-state index in [0.29, 0.717) is 16.1 Å². The quantitative estimate of drug-likeness (QED) is 0.717. The fraction of sp³-hybridized carbons (Fsp3) is 0.222. The molecule has 0 aliphatic carbocycles. The second kappa shape index (κ2) is 5.25. The number of hydrogen-bond acceptors (Lipinski definition) is 2. The summed E-state index contributed by atoms with van der Waals surface area (Å²) in [6, 6.07) is 9.34. The van der Waals surface area contributed by atoms with Crippen LogP contribution in [0.2, 0.25) is 5.02 Å². The number of benzene rings is 1. The molecular weight excluding hydrogens is 296 g/mol. The van der Waals surface area contributed by atoms with Gasteiger partial charge in [-0.05, 0) is 23.1 Å². The van der Waals surface area contributed by atoms with Gasteiger partial charge in [0.1, 0.15) is 0 Å². The zero-order valence-corrected chi connectivity index (χ0v) is 13.5. The first kappa shape index (κ1) is 14.8. The zero-order valence-electron chi connectivity index (χ0n) is 12.8. The largest absolute Gasteiger partial charge is 0.354 e. The van der Waals surface area contributed by atoms with E-state index in [1.165, 1.54) is 0 Å². The molecule has 0 bridgehead atoms. The molecule has 1 aromatic carbocycles. The van der Waals surface area contributed by atoms with Gasteiger partial charge < -0.3 is 4.98 Å². The number of pyridine rings is 2. The van der Waals surface area contributed by atoms with Crippen molar-refractivity contribution in [3.63, 3.8) is 0 Å². The summed E-state index contributed by atoms with van der Waals surface area (Å²) in [6.45, 7) is 6.43. The van der Waals surface area contributed by atoms with E-state index in [9.17, 15) is 4.79 Å². The third-order valence-corrected chi connectivity index (χ3v) is 4.07. The third kappa shape index (κ3) is 2.64. The third-order valence-electron chi connectivity index (χ3n) is 3.76. The number of aromatic nitrogens is 2. The van der Waals surface area contributed by atoms with Crippen LogP contribution in [0.15, 0.2) is 47.5 Å². The molecule has 0 spiro atoms. The lowest BCUT2D eigenvalue weighted by molar-refractivity contribution is 0.590. The van der Waals surface area contributed by atoms with Gasteiger partial charge >= 0.3 is 0 Å². The number of fused-ring (bicyclic) bond motifs is 1. The molecule has 1 N–H and O–H groups in total. The Hall–Kier alpha value is -2.13. The smallest absolute Gasteiger partial charge is 0.191 e. The van der Waals surface area contributed by atoms with E-state index in [1.807, 2.05) is 12.1 Å². The van der Waals surface area contributed by atoms with Gasteiger partial charge in [0.2, 0.25) is 0 Å². The van der Waals surface area contributed by atoms with E-state index in [2.05, 4.69) is 36.8 Å². The predicted octanol–water partition coefficient (Wildman–Crippen LogP) is 4.54. The number of aromatic amines is 1. The second-order valence-electron chi connectivity index (χ2n) is 6.41. The minimum atomic E-state index is -0.0622. The van der Waals surface area contributed by atoms with Crippen LogP contribution in [0.3, 0.4) is 0 Å². The second-order valence-corrected chi connectivity index (χ2v) is 6.82. The van der Waals surface area contributed by atoms with E-state index in [4.69, 9.17) is 11.6 Å². The fourth-order valence-electron chi connectivity index (χ4n) is 2.43. The van der Waals surface area contributed by atoms with Crippen LogP contribution in [0.5, 0.6) is 0 Å². The minimum Gasteiger partial charge on any atom is -0.354 e. The first-order valence-corrected chi connectivity index (χ1v) is 7.51. The summed E-state index contributed by atoms with van der Waals surface area (Å²) in [7, 11) is 0. The molecule has 3 nitrogen and oxygen atoms in total. The molecule has 3 aromatic rings. The van der Waals surface area contributed by atoms with Crippen LogP contribution in [0.25, 0.3) is 22.2 Å². The molecule has 22 heavy (non-hydrogen) atoms. The molecular formula is C18H17ClN2O. The van der Waals surface area contributed by atoms with Gasteiger partial charge in [0, 0.05) is 24.0 Å². The lowest BCUT2D eigenvalue weighted by atomic mass is 9.86. The predicted molar refractivity (Wildman–Crippen MR) is 91.5 cm³/mol. The standard InChI is InChI=1S/C18H17ClN2O/c1-18(2,3)11-4-5-12(14(19)8-11)16-9-17(22)13-10-20-7-6-15(13)21-16/h4-10H,1-3H3,(H,21,22). The topological polar surface area (TPSA) is 45.8 Å². The summed E-state index contributed by atoms with van der Waals surface area (Å²) < 4.78 is 0. The Labute approximate surface area is 134 Å². The van der Waals surface area contributed by atoms with E-state index in [1.54, 1.807) is 24.5 Å². The van der Waals surface area contributed by atoms with Gasteiger partial charge in [0.05, 0.1) is 21.6 Å². The fourth-order valence-corrected chi connectivity index (χ4v) is 2.72. The van der Waals surface area contributed by atoms with Gasteiger partial charge in [0.15, 0.2) is 5.43 Å². The summed E-state index contributed by atoms with van der Waals surface area (Å²) in [5.41, 5.74) is 3.43. The van der Waals surface area contributed by atoms with Crippen LogP contribution in [-0.2, 0) is 5.41 Å². The summed E-state index contributed by atoms with van der Waals surface area (Å²) in [4.78, 5) is 19.5.